The van der Waals surface area contributed by atoms with Crippen molar-refractivity contribution in [3.05, 3.63) is 24.3 Å². The van der Waals surface area contributed by atoms with Gasteiger partial charge in [0.25, 0.3) is 0 Å². The van der Waals surface area contributed by atoms with Crippen LogP contribution >= 0.6 is 0 Å². The summed E-state index contributed by atoms with van der Waals surface area (Å²) in [6.45, 7) is 0.306. The maximum absolute atomic E-state index is 9.91. The minimum Gasteiger partial charge on any atom is -0.478 e. The van der Waals surface area contributed by atoms with Gasteiger partial charge < -0.3 is 5.11 Å². The van der Waals surface area contributed by atoms with E-state index in [0.717, 1.165) is 6.08 Å². The lowest BCUT2D eigenvalue weighted by atomic mass is 10.4. The SMILES string of the molecule is COOCC=CC=CC(=O)O. The van der Waals surface area contributed by atoms with E-state index >= 15 is 0 Å². The van der Waals surface area contributed by atoms with Crippen molar-refractivity contribution >= 4 is 5.97 Å². The van der Waals surface area contributed by atoms with Crippen LogP contribution in [0.3, 0.4) is 0 Å². The molecule has 0 aromatic heterocycles. The fourth-order valence-electron chi connectivity index (χ4n) is 0.379. The number of carboxylic acid groups (broad SMARTS) is 1. The third kappa shape index (κ3) is 8.87. The van der Waals surface area contributed by atoms with Crippen molar-refractivity contribution in [3.63, 3.8) is 0 Å². The lowest BCUT2D eigenvalue weighted by Gasteiger charge is -1.89. The van der Waals surface area contributed by atoms with Crippen molar-refractivity contribution in [2.75, 3.05) is 13.7 Å². The molecule has 0 fully saturated rings. The second kappa shape index (κ2) is 6.98. The lowest BCUT2D eigenvalue weighted by molar-refractivity contribution is -0.263. The molecule has 0 spiro atoms. The third-order valence-corrected chi connectivity index (χ3v) is 0.768. The van der Waals surface area contributed by atoms with E-state index in [0.29, 0.717) is 6.61 Å². The molecule has 4 heteroatoms. The van der Waals surface area contributed by atoms with E-state index in [1.807, 2.05) is 0 Å². The standard InChI is InChI=1S/C7H10O4/c1-10-11-6-4-2-3-5-7(8)9/h2-5H,6H2,1H3,(H,8,9). The van der Waals surface area contributed by atoms with E-state index in [1.54, 1.807) is 12.2 Å². The van der Waals surface area contributed by atoms with Gasteiger partial charge >= 0.3 is 5.97 Å². The molecule has 0 saturated carbocycles. The van der Waals surface area contributed by atoms with Crippen LogP contribution in [0.25, 0.3) is 0 Å². The summed E-state index contributed by atoms with van der Waals surface area (Å²) in [6.07, 6.45) is 5.63. The summed E-state index contributed by atoms with van der Waals surface area (Å²) >= 11 is 0. The number of carboxylic acids is 1. The Bertz CT molecular complexity index is 160. The van der Waals surface area contributed by atoms with Crippen LogP contribution < -0.4 is 0 Å². The number of hydrogen-bond donors (Lipinski definition) is 1. The molecule has 0 aliphatic rings. The first-order valence-corrected chi connectivity index (χ1v) is 2.99. The second-order valence-corrected chi connectivity index (χ2v) is 1.58. The Kier molecular flexibility index (Phi) is 6.27. The van der Waals surface area contributed by atoms with Gasteiger partial charge in [0.2, 0.25) is 0 Å². The summed E-state index contributed by atoms with van der Waals surface area (Å²) < 4.78 is 0. The molecule has 0 radical (unpaired) electrons. The van der Waals surface area contributed by atoms with Crippen LogP contribution in [0.4, 0.5) is 0 Å². The Morgan fingerprint density at radius 1 is 1.55 bits per heavy atom. The molecule has 0 aliphatic carbocycles. The summed E-state index contributed by atoms with van der Waals surface area (Å²) in [5, 5.41) is 8.14. The summed E-state index contributed by atoms with van der Waals surface area (Å²) in [4.78, 5) is 18.7. The normalized spacial score (nSPS) is 11.4. The minimum absolute atomic E-state index is 0.306. The Morgan fingerprint density at radius 3 is 2.82 bits per heavy atom. The molecule has 0 amide bonds. The molecular weight excluding hydrogens is 148 g/mol. The molecule has 0 aromatic carbocycles. The highest BCUT2D eigenvalue weighted by Crippen LogP contribution is 1.79. The lowest BCUT2D eigenvalue weighted by Crippen LogP contribution is -1.87. The Hall–Kier alpha value is -1.13. The first kappa shape index (κ1) is 9.87. The predicted octanol–water partition coefficient (Wildman–Crippen LogP) is 0.761. The average molecular weight is 158 g/mol. The Balaban J connectivity index is 3.36. The van der Waals surface area contributed by atoms with Crippen molar-refractivity contribution in [1.29, 1.82) is 0 Å². The van der Waals surface area contributed by atoms with Crippen LogP contribution in [-0.2, 0) is 14.6 Å². The van der Waals surface area contributed by atoms with E-state index < -0.39 is 5.97 Å². The van der Waals surface area contributed by atoms with Crippen LogP contribution in [0.5, 0.6) is 0 Å². The topological polar surface area (TPSA) is 55.8 Å². The van der Waals surface area contributed by atoms with E-state index in [1.165, 1.54) is 13.2 Å². The van der Waals surface area contributed by atoms with E-state index in [9.17, 15) is 4.79 Å². The van der Waals surface area contributed by atoms with E-state index in [-0.39, 0.29) is 0 Å². The van der Waals surface area contributed by atoms with Gasteiger partial charge in [0.15, 0.2) is 0 Å². The van der Waals surface area contributed by atoms with Crippen LogP contribution in [0.1, 0.15) is 0 Å². The highest BCUT2D eigenvalue weighted by atomic mass is 17.2. The van der Waals surface area contributed by atoms with Gasteiger partial charge in [-0.3, -0.25) is 0 Å². The Labute approximate surface area is 64.7 Å². The maximum atomic E-state index is 9.91. The van der Waals surface area contributed by atoms with Gasteiger partial charge in [-0.15, -0.1) is 0 Å². The molecule has 62 valence electrons. The number of aliphatic carboxylic acids is 1. The van der Waals surface area contributed by atoms with Crippen molar-refractivity contribution < 1.29 is 19.7 Å². The molecular formula is C7H10O4. The summed E-state index contributed by atoms with van der Waals surface area (Å²) in [6, 6.07) is 0. The number of allylic oxidation sites excluding steroid dienone is 2. The third-order valence-electron chi connectivity index (χ3n) is 0.768. The summed E-state index contributed by atoms with van der Waals surface area (Å²) in [7, 11) is 1.40. The van der Waals surface area contributed by atoms with Crippen molar-refractivity contribution in [2.45, 2.75) is 0 Å². The quantitative estimate of drug-likeness (QED) is 0.211. The highest BCUT2D eigenvalue weighted by molar-refractivity contribution is 5.80. The molecule has 11 heavy (non-hydrogen) atoms. The minimum atomic E-state index is -0.970. The molecule has 1 N–H and O–H groups in total. The van der Waals surface area contributed by atoms with Crippen LogP contribution in [0, 0.1) is 0 Å². The molecule has 0 unspecified atom stereocenters. The average Bonchev–Trinajstić information content (AvgIpc) is 1.96. The first-order chi connectivity index (χ1) is 5.27. The first-order valence-electron chi connectivity index (χ1n) is 2.99. The summed E-state index contributed by atoms with van der Waals surface area (Å²) in [5.41, 5.74) is 0. The van der Waals surface area contributed by atoms with E-state index in [4.69, 9.17) is 5.11 Å². The number of rotatable bonds is 5. The molecule has 4 nitrogen and oxygen atoms in total. The van der Waals surface area contributed by atoms with Gasteiger partial charge in [-0.05, 0) is 0 Å². The van der Waals surface area contributed by atoms with Gasteiger partial charge in [-0.25, -0.2) is 14.6 Å². The maximum Gasteiger partial charge on any atom is 0.328 e. The number of hydrogen-bond acceptors (Lipinski definition) is 3. The number of carbonyl (C=O) groups is 1. The largest absolute Gasteiger partial charge is 0.478 e. The van der Waals surface area contributed by atoms with Crippen LogP contribution in [0.15, 0.2) is 24.3 Å². The molecule has 0 rings (SSSR count). The van der Waals surface area contributed by atoms with E-state index in [2.05, 4.69) is 9.78 Å². The van der Waals surface area contributed by atoms with Gasteiger partial charge in [-0.2, -0.15) is 0 Å². The molecule has 0 bridgehead atoms. The highest BCUT2D eigenvalue weighted by Gasteiger charge is 1.80. The van der Waals surface area contributed by atoms with Crippen molar-refractivity contribution in [3.8, 4) is 0 Å². The zero-order chi connectivity index (χ0) is 8.53. The molecule has 0 heterocycles. The Morgan fingerprint density at radius 2 is 2.27 bits per heavy atom. The van der Waals surface area contributed by atoms with Crippen LogP contribution in [0.2, 0.25) is 0 Å². The summed E-state index contributed by atoms with van der Waals surface area (Å²) in [5.74, 6) is -0.970. The van der Waals surface area contributed by atoms with Gasteiger partial charge in [0.1, 0.15) is 6.61 Å². The monoisotopic (exact) mass is 158 g/mol. The van der Waals surface area contributed by atoms with Crippen molar-refractivity contribution in [2.24, 2.45) is 0 Å². The molecule has 0 aromatic rings. The molecule has 0 aliphatic heterocycles. The zero-order valence-electron chi connectivity index (χ0n) is 6.19. The zero-order valence-corrected chi connectivity index (χ0v) is 6.19. The van der Waals surface area contributed by atoms with Crippen molar-refractivity contribution in [1.82, 2.24) is 0 Å². The fraction of sp³-hybridized carbons (Fsp3) is 0.286. The molecule has 0 saturated heterocycles. The van der Waals surface area contributed by atoms with Gasteiger partial charge in [0, 0.05) is 6.08 Å². The fourth-order valence-corrected chi connectivity index (χ4v) is 0.379. The second-order valence-electron chi connectivity index (χ2n) is 1.58. The van der Waals surface area contributed by atoms with Gasteiger partial charge in [-0.1, -0.05) is 18.2 Å². The smallest absolute Gasteiger partial charge is 0.328 e. The predicted molar refractivity (Wildman–Crippen MR) is 38.9 cm³/mol. The van der Waals surface area contributed by atoms with Crippen LogP contribution in [-0.4, -0.2) is 24.8 Å². The molecule has 0 atom stereocenters. The van der Waals surface area contributed by atoms with Gasteiger partial charge in [0.05, 0.1) is 7.11 Å².